The van der Waals surface area contributed by atoms with Gasteiger partial charge in [0.15, 0.2) is 0 Å². The topological polar surface area (TPSA) is 61.3 Å². The van der Waals surface area contributed by atoms with Crippen LogP contribution in [0, 0.1) is 5.41 Å². The molecule has 0 unspecified atom stereocenters. The molecule has 4 N–H and O–H groups in total. The number of ether oxygens (including phenoxy) is 1. The van der Waals surface area contributed by atoms with Gasteiger partial charge in [0.2, 0.25) is 0 Å². The molecule has 80 valence electrons. The van der Waals surface area contributed by atoms with Crippen molar-refractivity contribution in [3.8, 4) is 0 Å². The third kappa shape index (κ3) is 8.22. The van der Waals surface area contributed by atoms with Gasteiger partial charge in [0.1, 0.15) is 0 Å². The molecular weight excluding hydrogens is 164 g/mol. The molecule has 0 heterocycles. The monoisotopic (exact) mass is 188 g/mol. The summed E-state index contributed by atoms with van der Waals surface area (Å²) in [7, 11) is 0. The molecule has 0 atom stereocenters. The van der Waals surface area contributed by atoms with Crippen LogP contribution in [0.15, 0.2) is 0 Å². The summed E-state index contributed by atoms with van der Waals surface area (Å²) in [6.45, 7) is 7.50. The minimum absolute atomic E-state index is 0.258. The van der Waals surface area contributed by atoms with Crippen molar-refractivity contribution in [3.05, 3.63) is 0 Å². The van der Waals surface area contributed by atoms with Crippen molar-refractivity contribution >= 4 is 0 Å². The van der Waals surface area contributed by atoms with Crippen LogP contribution in [0.4, 0.5) is 0 Å². The molecule has 0 fully saturated rings. The first-order valence-corrected chi connectivity index (χ1v) is 5.10. The minimum Gasteiger partial charge on any atom is -0.381 e. The Bertz CT molecular complexity index is 115. The van der Waals surface area contributed by atoms with Gasteiger partial charge >= 0.3 is 0 Å². The van der Waals surface area contributed by atoms with Gasteiger partial charge < -0.3 is 16.2 Å². The molecule has 0 aromatic heterocycles. The van der Waals surface area contributed by atoms with Crippen molar-refractivity contribution in [2.75, 3.05) is 26.3 Å². The zero-order chi connectivity index (χ0) is 10.2. The van der Waals surface area contributed by atoms with Crippen molar-refractivity contribution in [2.24, 2.45) is 16.9 Å². The maximum Gasteiger partial charge on any atom is 0.0517 e. The Morgan fingerprint density at radius 3 is 2.23 bits per heavy atom. The standard InChI is InChI=1S/C10H24N2O/c1-10(2,5-3-6-11)9-13-8-4-7-12/h3-9,11-12H2,1-2H3. The van der Waals surface area contributed by atoms with E-state index in [9.17, 15) is 0 Å². The van der Waals surface area contributed by atoms with E-state index in [2.05, 4.69) is 13.8 Å². The average molecular weight is 188 g/mol. The second-order valence-corrected chi connectivity index (χ2v) is 4.25. The van der Waals surface area contributed by atoms with E-state index in [4.69, 9.17) is 16.2 Å². The number of nitrogens with two attached hydrogens (primary N) is 2. The second-order valence-electron chi connectivity index (χ2n) is 4.25. The Labute approximate surface area is 81.8 Å². The van der Waals surface area contributed by atoms with Crippen LogP contribution >= 0.6 is 0 Å². The molecule has 0 aromatic carbocycles. The summed E-state index contributed by atoms with van der Waals surface area (Å²) in [5.74, 6) is 0. The van der Waals surface area contributed by atoms with Crippen LogP contribution in [0.3, 0.4) is 0 Å². The van der Waals surface area contributed by atoms with Gasteiger partial charge in [0.05, 0.1) is 6.61 Å². The molecule has 0 bridgehead atoms. The smallest absolute Gasteiger partial charge is 0.0517 e. The van der Waals surface area contributed by atoms with E-state index < -0.39 is 0 Å². The Morgan fingerprint density at radius 1 is 1.08 bits per heavy atom. The largest absolute Gasteiger partial charge is 0.381 e. The van der Waals surface area contributed by atoms with Crippen molar-refractivity contribution in [3.63, 3.8) is 0 Å². The summed E-state index contributed by atoms with van der Waals surface area (Å²) < 4.78 is 5.52. The Hall–Kier alpha value is -0.120. The van der Waals surface area contributed by atoms with Crippen molar-refractivity contribution in [1.82, 2.24) is 0 Å². The maximum atomic E-state index is 5.52. The van der Waals surface area contributed by atoms with E-state index in [1.807, 2.05) is 0 Å². The van der Waals surface area contributed by atoms with E-state index >= 15 is 0 Å². The fraction of sp³-hybridized carbons (Fsp3) is 1.00. The Morgan fingerprint density at radius 2 is 1.69 bits per heavy atom. The van der Waals surface area contributed by atoms with Crippen LogP contribution in [0.1, 0.15) is 33.1 Å². The third-order valence-electron chi connectivity index (χ3n) is 2.04. The molecule has 13 heavy (non-hydrogen) atoms. The Kier molecular flexibility index (Phi) is 7.23. The predicted octanol–water partition coefficient (Wildman–Crippen LogP) is 1.12. The number of hydrogen-bond donors (Lipinski definition) is 2. The van der Waals surface area contributed by atoms with E-state index in [-0.39, 0.29) is 5.41 Å². The van der Waals surface area contributed by atoms with Crippen molar-refractivity contribution in [1.29, 1.82) is 0 Å². The van der Waals surface area contributed by atoms with Crippen LogP contribution in [0.25, 0.3) is 0 Å². The van der Waals surface area contributed by atoms with Crippen molar-refractivity contribution in [2.45, 2.75) is 33.1 Å². The lowest BCUT2D eigenvalue weighted by molar-refractivity contribution is 0.0566. The highest BCUT2D eigenvalue weighted by Crippen LogP contribution is 2.21. The van der Waals surface area contributed by atoms with Crippen LogP contribution in [0.2, 0.25) is 0 Å². The molecule has 0 saturated carbocycles. The van der Waals surface area contributed by atoms with Gasteiger partial charge in [-0.25, -0.2) is 0 Å². The fourth-order valence-electron chi connectivity index (χ4n) is 1.19. The lowest BCUT2D eigenvalue weighted by Gasteiger charge is -2.24. The molecule has 0 amide bonds. The molecule has 0 saturated heterocycles. The molecule has 0 spiro atoms. The summed E-state index contributed by atoms with van der Waals surface area (Å²) >= 11 is 0. The molecule has 0 aromatic rings. The van der Waals surface area contributed by atoms with Gasteiger partial charge in [-0.1, -0.05) is 13.8 Å². The van der Waals surface area contributed by atoms with Gasteiger partial charge in [0.25, 0.3) is 0 Å². The lowest BCUT2D eigenvalue weighted by atomic mass is 9.89. The highest BCUT2D eigenvalue weighted by Gasteiger charge is 2.16. The van der Waals surface area contributed by atoms with E-state index in [0.717, 1.165) is 39.0 Å². The minimum atomic E-state index is 0.258. The quantitative estimate of drug-likeness (QED) is 0.561. The molecule has 0 aliphatic carbocycles. The van der Waals surface area contributed by atoms with Crippen LogP contribution in [-0.2, 0) is 4.74 Å². The second kappa shape index (κ2) is 7.30. The first-order valence-electron chi connectivity index (χ1n) is 5.10. The van der Waals surface area contributed by atoms with Crippen LogP contribution in [-0.4, -0.2) is 26.3 Å². The zero-order valence-electron chi connectivity index (χ0n) is 9.01. The molecule has 3 heteroatoms. The van der Waals surface area contributed by atoms with Gasteiger partial charge in [-0.2, -0.15) is 0 Å². The van der Waals surface area contributed by atoms with Gasteiger partial charge in [-0.05, 0) is 37.8 Å². The van der Waals surface area contributed by atoms with Crippen LogP contribution < -0.4 is 11.5 Å². The fourth-order valence-corrected chi connectivity index (χ4v) is 1.19. The molecule has 0 aliphatic heterocycles. The van der Waals surface area contributed by atoms with E-state index in [1.54, 1.807) is 0 Å². The van der Waals surface area contributed by atoms with Gasteiger partial charge in [-0.15, -0.1) is 0 Å². The summed E-state index contributed by atoms with van der Waals surface area (Å²) in [5, 5.41) is 0. The van der Waals surface area contributed by atoms with E-state index in [1.165, 1.54) is 0 Å². The highest BCUT2D eigenvalue weighted by molar-refractivity contribution is 4.67. The third-order valence-corrected chi connectivity index (χ3v) is 2.04. The van der Waals surface area contributed by atoms with E-state index in [0.29, 0.717) is 6.54 Å². The molecule has 3 nitrogen and oxygen atoms in total. The predicted molar refractivity (Wildman–Crippen MR) is 56.6 cm³/mol. The molecule has 0 aliphatic rings. The molecule has 0 radical (unpaired) electrons. The maximum absolute atomic E-state index is 5.52. The SMILES string of the molecule is CC(C)(CCCN)COCCCN. The summed E-state index contributed by atoms with van der Waals surface area (Å²) in [6.07, 6.45) is 3.16. The first kappa shape index (κ1) is 12.9. The Balaban J connectivity index is 3.39. The van der Waals surface area contributed by atoms with Crippen molar-refractivity contribution < 1.29 is 4.74 Å². The average Bonchev–Trinajstić information content (AvgIpc) is 2.09. The normalized spacial score (nSPS) is 12.0. The van der Waals surface area contributed by atoms with Gasteiger partial charge in [0, 0.05) is 6.61 Å². The summed E-state index contributed by atoms with van der Waals surface area (Å²) in [4.78, 5) is 0. The van der Waals surface area contributed by atoms with Crippen LogP contribution in [0.5, 0.6) is 0 Å². The summed E-state index contributed by atoms with van der Waals surface area (Å²) in [5.41, 5.74) is 11.1. The summed E-state index contributed by atoms with van der Waals surface area (Å²) in [6, 6.07) is 0. The molecular formula is C10H24N2O. The molecule has 0 rings (SSSR count). The highest BCUT2D eigenvalue weighted by atomic mass is 16.5. The number of rotatable bonds is 8. The van der Waals surface area contributed by atoms with Gasteiger partial charge in [-0.3, -0.25) is 0 Å². The number of hydrogen-bond acceptors (Lipinski definition) is 3. The lowest BCUT2D eigenvalue weighted by Crippen LogP contribution is -2.21. The zero-order valence-corrected chi connectivity index (χ0v) is 9.01. The first-order chi connectivity index (χ1) is 6.12.